The van der Waals surface area contributed by atoms with Crippen LogP contribution in [0.2, 0.25) is 0 Å². The number of benzene rings is 3. The van der Waals surface area contributed by atoms with Crippen LogP contribution < -0.4 is 14.8 Å². The molecule has 1 heterocycles. The smallest absolute Gasteiger partial charge is 0.262 e. The first-order valence-electron chi connectivity index (χ1n) is 9.69. The molecule has 0 unspecified atom stereocenters. The number of nitrogens with one attached hydrogen (secondary N) is 1. The van der Waals surface area contributed by atoms with E-state index in [4.69, 9.17) is 14.0 Å². The van der Waals surface area contributed by atoms with Crippen LogP contribution >= 0.6 is 0 Å². The van der Waals surface area contributed by atoms with Gasteiger partial charge in [-0.05, 0) is 55.5 Å². The van der Waals surface area contributed by atoms with E-state index < -0.39 is 0 Å². The zero-order valence-corrected chi connectivity index (χ0v) is 17.2. The molecular weight excluding hydrogens is 394 g/mol. The minimum Gasteiger partial charge on any atom is -0.497 e. The monoisotopic (exact) mass is 415 g/mol. The molecule has 0 radical (unpaired) electrons. The number of hydrogen-bond acceptors (Lipinski definition) is 6. The molecule has 0 spiro atoms. The number of ether oxygens (including phenoxy) is 2. The van der Waals surface area contributed by atoms with Crippen LogP contribution in [-0.2, 0) is 4.79 Å². The second kappa shape index (κ2) is 9.13. The molecule has 1 amide bonds. The van der Waals surface area contributed by atoms with Gasteiger partial charge in [-0.25, -0.2) is 0 Å². The van der Waals surface area contributed by atoms with Crippen LogP contribution in [0.1, 0.15) is 5.56 Å². The summed E-state index contributed by atoms with van der Waals surface area (Å²) in [6.45, 7) is 1.84. The van der Waals surface area contributed by atoms with Crippen molar-refractivity contribution in [2.75, 3.05) is 19.0 Å². The van der Waals surface area contributed by atoms with Crippen LogP contribution in [0.3, 0.4) is 0 Å². The van der Waals surface area contributed by atoms with Crippen LogP contribution in [0, 0.1) is 6.92 Å². The molecule has 0 atom stereocenters. The van der Waals surface area contributed by atoms with Crippen molar-refractivity contribution in [3.8, 4) is 34.3 Å². The van der Waals surface area contributed by atoms with E-state index in [1.54, 1.807) is 37.4 Å². The Kier molecular flexibility index (Phi) is 5.93. The summed E-state index contributed by atoms with van der Waals surface area (Å²) in [4.78, 5) is 16.8. The van der Waals surface area contributed by atoms with E-state index in [0.29, 0.717) is 34.5 Å². The number of anilines is 1. The van der Waals surface area contributed by atoms with Crippen LogP contribution in [0.25, 0.3) is 22.8 Å². The van der Waals surface area contributed by atoms with Crippen molar-refractivity contribution in [3.05, 3.63) is 78.4 Å². The van der Waals surface area contributed by atoms with E-state index in [1.165, 1.54) is 0 Å². The number of para-hydroxylation sites is 1. The Morgan fingerprint density at radius 1 is 1.03 bits per heavy atom. The molecule has 7 heteroatoms. The number of aryl methyl sites for hydroxylation is 1. The predicted octanol–water partition coefficient (Wildman–Crippen LogP) is 4.74. The number of carbonyl (C=O) groups excluding carboxylic acids is 1. The van der Waals surface area contributed by atoms with Gasteiger partial charge in [0, 0.05) is 11.3 Å². The van der Waals surface area contributed by atoms with E-state index in [0.717, 1.165) is 11.1 Å². The topological polar surface area (TPSA) is 86.5 Å². The Morgan fingerprint density at radius 2 is 1.84 bits per heavy atom. The highest BCUT2D eigenvalue weighted by molar-refractivity contribution is 5.92. The zero-order chi connectivity index (χ0) is 21.6. The number of hydrogen-bond donors (Lipinski definition) is 1. The Labute approximate surface area is 179 Å². The summed E-state index contributed by atoms with van der Waals surface area (Å²) in [6, 6.07) is 22.1. The summed E-state index contributed by atoms with van der Waals surface area (Å²) in [6.07, 6.45) is 0. The van der Waals surface area contributed by atoms with E-state index in [1.807, 2.05) is 49.4 Å². The summed E-state index contributed by atoms with van der Waals surface area (Å²) in [7, 11) is 1.59. The lowest BCUT2D eigenvalue weighted by molar-refractivity contribution is -0.118. The zero-order valence-electron chi connectivity index (χ0n) is 17.2. The van der Waals surface area contributed by atoms with Gasteiger partial charge in [0.15, 0.2) is 6.61 Å². The van der Waals surface area contributed by atoms with Gasteiger partial charge in [0.1, 0.15) is 11.5 Å². The molecule has 4 rings (SSSR count). The first-order valence-corrected chi connectivity index (χ1v) is 9.69. The van der Waals surface area contributed by atoms with Crippen LogP contribution in [-0.4, -0.2) is 29.8 Å². The van der Waals surface area contributed by atoms with E-state index >= 15 is 0 Å². The average Bonchev–Trinajstić information content (AvgIpc) is 3.29. The third kappa shape index (κ3) is 4.90. The fraction of sp³-hybridized carbons (Fsp3) is 0.125. The van der Waals surface area contributed by atoms with Crippen molar-refractivity contribution in [3.63, 3.8) is 0 Å². The minimum atomic E-state index is -0.284. The normalized spacial score (nSPS) is 10.5. The van der Waals surface area contributed by atoms with Crippen molar-refractivity contribution in [2.24, 2.45) is 0 Å². The summed E-state index contributed by atoms with van der Waals surface area (Å²) < 4.78 is 16.3. The first-order chi connectivity index (χ1) is 15.1. The average molecular weight is 415 g/mol. The molecule has 4 aromatic rings. The van der Waals surface area contributed by atoms with Gasteiger partial charge >= 0.3 is 0 Å². The SMILES string of the molecule is COc1ccc(NC(=O)COc2ccccc2-c2noc(-c3cccc(C)c3)n2)cc1. The number of aromatic nitrogens is 2. The number of amides is 1. The number of carbonyl (C=O) groups is 1. The lowest BCUT2D eigenvalue weighted by Crippen LogP contribution is -2.20. The standard InChI is InChI=1S/C24H21N3O4/c1-16-6-5-7-17(14-16)24-26-23(27-31-24)20-8-3-4-9-21(20)30-15-22(28)25-18-10-12-19(29-2)13-11-18/h3-14H,15H2,1-2H3,(H,25,28). The van der Waals surface area contributed by atoms with Crippen molar-refractivity contribution in [2.45, 2.75) is 6.92 Å². The molecule has 0 saturated heterocycles. The molecule has 31 heavy (non-hydrogen) atoms. The third-order valence-corrected chi connectivity index (χ3v) is 4.55. The maximum Gasteiger partial charge on any atom is 0.262 e. The number of nitrogens with zero attached hydrogens (tertiary/aromatic N) is 2. The van der Waals surface area contributed by atoms with E-state index in [2.05, 4.69) is 15.5 Å². The van der Waals surface area contributed by atoms with Crippen molar-refractivity contribution in [1.29, 1.82) is 0 Å². The van der Waals surface area contributed by atoms with E-state index in [-0.39, 0.29) is 12.5 Å². The van der Waals surface area contributed by atoms with Gasteiger partial charge in [-0.15, -0.1) is 0 Å². The van der Waals surface area contributed by atoms with Gasteiger partial charge in [-0.1, -0.05) is 35.0 Å². The molecule has 0 fully saturated rings. The lowest BCUT2D eigenvalue weighted by Gasteiger charge is -2.10. The Hall–Kier alpha value is -4.13. The minimum absolute atomic E-state index is 0.161. The van der Waals surface area contributed by atoms with Crippen LogP contribution in [0.15, 0.2) is 77.3 Å². The van der Waals surface area contributed by atoms with Crippen LogP contribution in [0.4, 0.5) is 5.69 Å². The second-order valence-corrected chi connectivity index (χ2v) is 6.85. The predicted molar refractivity (Wildman–Crippen MR) is 117 cm³/mol. The van der Waals surface area contributed by atoms with Gasteiger partial charge < -0.3 is 19.3 Å². The van der Waals surface area contributed by atoms with Gasteiger partial charge in [-0.3, -0.25) is 4.79 Å². The Morgan fingerprint density at radius 3 is 2.61 bits per heavy atom. The Balaban J connectivity index is 1.45. The molecule has 1 aromatic heterocycles. The van der Waals surface area contributed by atoms with Crippen molar-refractivity contribution >= 4 is 11.6 Å². The first kappa shape index (κ1) is 20.2. The highest BCUT2D eigenvalue weighted by Gasteiger charge is 2.15. The van der Waals surface area contributed by atoms with Gasteiger partial charge in [0.25, 0.3) is 11.8 Å². The molecule has 7 nitrogen and oxygen atoms in total. The fourth-order valence-corrected chi connectivity index (χ4v) is 3.02. The highest BCUT2D eigenvalue weighted by atomic mass is 16.5. The summed E-state index contributed by atoms with van der Waals surface area (Å²) in [5.41, 5.74) is 3.24. The summed E-state index contributed by atoms with van der Waals surface area (Å²) >= 11 is 0. The molecule has 3 aromatic carbocycles. The second-order valence-electron chi connectivity index (χ2n) is 6.85. The van der Waals surface area contributed by atoms with Crippen molar-refractivity contribution < 1.29 is 18.8 Å². The van der Waals surface area contributed by atoms with Crippen LogP contribution in [0.5, 0.6) is 11.5 Å². The van der Waals surface area contributed by atoms with Gasteiger partial charge in [0.05, 0.1) is 12.7 Å². The molecule has 0 aliphatic carbocycles. The van der Waals surface area contributed by atoms with Gasteiger partial charge in [-0.2, -0.15) is 4.98 Å². The molecule has 0 bridgehead atoms. The molecule has 0 aliphatic rings. The maximum atomic E-state index is 12.3. The number of methoxy groups -OCH3 is 1. The highest BCUT2D eigenvalue weighted by Crippen LogP contribution is 2.29. The summed E-state index contributed by atoms with van der Waals surface area (Å²) in [5, 5.41) is 6.87. The van der Waals surface area contributed by atoms with Gasteiger partial charge in [0.2, 0.25) is 5.82 Å². The molecule has 0 aliphatic heterocycles. The summed E-state index contributed by atoms with van der Waals surface area (Å²) in [5.74, 6) is 1.74. The van der Waals surface area contributed by atoms with Crippen molar-refractivity contribution in [1.82, 2.24) is 10.1 Å². The lowest BCUT2D eigenvalue weighted by atomic mass is 10.1. The molecular formula is C24H21N3O4. The molecule has 156 valence electrons. The Bertz CT molecular complexity index is 1190. The fourth-order valence-electron chi connectivity index (χ4n) is 3.02. The quantitative estimate of drug-likeness (QED) is 0.469. The third-order valence-electron chi connectivity index (χ3n) is 4.55. The largest absolute Gasteiger partial charge is 0.497 e. The van der Waals surface area contributed by atoms with E-state index in [9.17, 15) is 4.79 Å². The molecule has 0 saturated carbocycles. The molecule has 1 N–H and O–H groups in total. The number of rotatable bonds is 7. The maximum absolute atomic E-state index is 12.3.